The summed E-state index contributed by atoms with van der Waals surface area (Å²) in [6, 6.07) is 14.0. The van der Waals surface area contributed by atoms with E-state index in [9.17, 15) is 13.2 Å². The fraction of sp³-hybridized carbons (Fsp3) is 0.211. The van der Waals surface area contributed by atoms with Gasteiger partial charge in [0.25, 0.3) is 0 Å². The number of fused-ring (bicyclic) bond motifs is 1. The van der Waals surface area contributed by atoms with Crippen LogP contribution in [0.4, 0.5) is 0 Å². The van der Waals surface area contributed by atoms with Crippen LogP contribution in [0, 0.1) is 6.92 Å². The van der Waals surface area contributed by atoms with Gasteiger partial charge in [-0.25, -0.2) is 17.9 Å². The van der Waals surface area contributed by atoms with Gasteiger partial charge in [-0.05, 0) is 37.1 Å². The van der Waals surface area contributed by atoms with E-state index in [2.05, 4.69) is 4.72 Å². The summed E-state index contributed by atoms with van der Waals surface area (Å²) < 4.78 is 33.4. The van der Waals surface area contributed by atoms with Gasteiger partial charge in [0.2, 0.25) is 15.8 Å². The standard InChI is InChI=1S/C19H17NO5S/c1-11-14-9-13(7-8-17(14)25-18(11)19(21)22)26(23,24)20-16-10-15(16)12-5-3-2-4-6-12/h2-9,15-16,20H,10H2,1H3,(H,21,22)/t15-,16+/m0/s1. The van der Waals surface area contributed by atoms with Crippen molar-refractivity contribution in [2.24, 2.45) is 0 Å². The minimum absolute atomic E-state index is 0.101. The van der Waals surface area contributed by atoms with Gasteiger partial charge in [-0.15, -0.1) is 0 Å². The Morgan fingerprint density at radius 1 is 1.19 bits per heavy atom. The Hall–Kier alpha value is -2.64. The Labute approximate surface area is 150 Å². The molecule has 1 aliphatic rings. The maximum atomic E-state index is 12.7. The normalized spacial score (nSPS) is 19.6. The number of carboxylic acid groups (broad SMARTS) is 1. The van der Waals surface area contributed by atoms with Crippen molar-refractivity contribution in [2.75, 3.05) is 0 Å². The summed E-state index contributed by atoms with van der Waals surface area (Å²) >= 11 is 0. The molecule has 0 bridgehead atoms. The first-order valence-corrected chi connectivity index (χ1v) is 9.69. The molecule has 2 N–H and O–H groups in total. The fourth-order valence-electron chi connectivity index (χ4n) is 3.23. The molecule has 0 saturated heterocycles. The Morgan fingerprint density at radius 3 is 2.62 bits per heavy atom. The fourth-order valence-corrected chi connectivity index (χ4v) is 4.55. The number of benzene rings is 2. The number of nitrogens with one attached hydrogen (secondary N) is 1. The van der Waals surface area contributed by atoms with E-state index in [1.54, 1.807) is 6.92 Å². The van der Waals surface area contributed by atoms with Crippen LogP contribution in [-0.2, 0) is 10.0 Å². The van der Waals surface area contributed by atoms with E-state index in [1.165, 1.54) is 18.2 Å². The molecular formula is C19H17NO5S. The number of carboxylic acids is 1. The third-order valence-corrected chi connectivity index (χ3v) is 6.22. The number of rotatable bonds is 5. The monoisotopic (exact) mass is 371 g/mol. The van der Waals surface area contributed by atoms with Crippen molar-refractivity contribution in [3.05, 3.63) is 65.4 Å². The summed E-state index contributed by atoms with van der Waals surface area (Å²) in [7, 11) is -3.70. The van der Waals surface area contributed by atoms with Gasteiger partial charge in [-0.2, -0.15) is 0 Å². The molecule has 3 aromatic rings. The third-order valence-electron chi connectivity index (χ3n) is 4.74. The number of aryl methyl sites for hydroxylation is 1. The average molecular weight is 371 g/mol. The topological polar surface area (TPSA) is 96.6 Å². The molecule has 1 aromatic heterocycles. The predicted octanol–water partition coefficient (Wildman–Crippen LogP) is 3.27. The van der Waals surface area contributed by atoms with Crippen molar-refractivity contribution in [3.63, 3.8) is 0 Å². The van der Waals surface area contributed by atoms with Crippen molar-refractivity contribution >= 4 is 27.0 Å². The molecule has 0 amide bonds. The van der Waals surface area contributed by atoms with Crippen LogP contribution in [0.1, 0.15) is 34.0 Å². The van der Waals surface area contributed by atoms with Crippen LogP contribution < -0.4 is 4.72 Å². The SMILES string of the molecule is Cc1c(C(=O)O)oc2ccc(S(=O)(=O)N[C@@H]3C[C@H]3c3ccccc3)cc12. The molecule has 26 heavy (non-hydrogen) atoms. The Morgan fingerprint density at radius 2 is 1.92 bits per heavy atom. The summed E-state index contributed by atoms with van der Waals surface area (Å²) in [6.45, 7) is 1.60. The zero-order valence-corrected chi connectivity index (χ0v) is 14.8. The van der Waals surface area contributed by atoms with E-state index >= 15 is 0 Å². The number of hydrogen-bond acceptors (Lipinski definition) is 4. The second kappa shape index (κ2) is 5.96. The van der Waals surface area contributed by atoms with Crippen LogP contribution in [0.3, 0.4) is 0 Å². The average Bonchev–Trinajstić information content (AvgIpc) is 3.29. The highest BCUT2D eigenvalue weighted by Gasteiger charge is 2.41. The molecule has 2 atom stereocenters. The molecule has 134 valence electrons. The lowest BCUT2D eigenvalue weighted by molar-refractivity contribution is 0.0664. The first-order valence-electron chi connectivity index (χ1n) is 8.20. The molecule has 0 spiro atoms. The first kappa shape index (κ1) is 16.8. The zero-order valence-electron chi connectivity index (χ0n) is 14.0. The van der Waals surface area contributed by atoms with Gasteiger partial charge in [0, 0.05) is 22.9 Å². The molecule has 0 aliphatic heterocycles. The van der Waals surface area contributed by atoms with Gasteiger partial charge in [-0.1, -0.05) is 30.3 Å². The molecule has 1 saturated carbocycles. The minimum atomic E-state index is -3.70. The zero-order chi connectivity index (χ0) is 18.5. The van der Waals surface area contributed by atoms with Crippen LogP contribution in [0.2, 0.25) is 0 Å². The summed E-state index contributed by atoms with van der Waals surface area (Å²) in [5.74, 6) is -1.16. The van der Waals surface area contributed by atoms with E-state index in [0.29, 0.717) is 16.5 Å². The van der Waals surface area contributed by atoms with Crippen LogP contribution >= 0.6 is 0 Å². The second-order valence-electron chi connectivity index (χ2n) is 6.50. The molecule has 1 heterocycles. The Kier molecular flexibility index (Phi) is 3.86. The van der Waals surface area contributed by atoms with E-state index < -0.39 is 16.0 Å². The molecule has 0 radical (unpaired) electrons. The van der Waals surface area contributed by atoms with Crippen molar-refractivity contribution in [1.82, 2.24) is 4.72 Å². The van der Waals surface area contributed by atoms with Gasteiger partial charge in [0.15, 0.2) is 0 Å². The molecule has 2 aromatic carbocycles. The van der Waals surface area contributed by atoms with Crippen molar-refractivity contribution in [2.45, 2.75) is 30.2 Å². The van der Waals surface area contributed by atoms with Crippen LogP contribution in [0.15, 0.2) is 57.8 Å². The van der Waals surface area contributed by atoms with Crippen molar-refractivity contribution in [1.29, 1.82) is 0 Å². The van der Waals surface area contributed by atoms with Crippen LogP contribution in [0.25, 0.3) is 11.0 Å². The molecular weight excluding hydrogens is 354 g/mol. The summed E-state index contributed by atoms with van der Waals surface area (Å²) in [5, 5.41) is 9.62. The van der Waals surface area contributed by atoms with E-state index in [4.69, 9.17) is 9.52 Å². The lowest BCUT2D eigenvalue weighted by atomic mass is 10.1. The van der Waals surface area contributed by atoms with Gasteiger partial charge in [0.1, 0.15) is 5.58 Å². The van der Waals surface area contributed by atoms with E-state index in [-0.39, 0.29) is 22.6 Å². The van der Waals surface area contributed by atoms with Crippen molar-refractivity contribution in [3.8, 4) is 0 Å². The van der Waals surface area contributed by atoms with E-state index in [0.717, 1.165) is 12.0 Å². The molecule has 4 rings (SSSR count). The predicted molar refractivity (Wildman–Crippen MR) is 95.8 cm³/mol. The molecule has 1 aliphatic carbocycles. The van der Waals surface area contributed by atoms with Gasteiger partial charge in [-0.3, -0.25) is 0 Å². The number of carbonyl (C=O) groups is 1. The highest BCUT2D eigenvalue weighted by molar-refractivity contribution is 7.89. The quantitative estimate of drug-likeness (QED) is 0.717. The van der Waals surface area contributed by atoms with Crippen LogP contribution in [0.5, 0.6) is 0 Å². The van der Waals surface area contributed by atoms with Gasteiger partial charge >= 0.3 is 5.97 Å². The van der Waals surface area contributed by atoms with Crippen molar-refractivity contribution < 1.29 is 22.7 Å². The Balaban J connectivity index is 1.60. The molecule has 7 heteroatoms. The highest BCUT2D eigenvalue weighted by Crippen LogP contribution is 2.41. The highest BCUT2D eigenvalue weighted by atomic mass is 32.2. The third kappa shape index (κ3) is 2.89. The largest absolute Gasteiger partial charge is 0.475 e. The number of hydrogen-bond donors (Lipinski definition) is 2. The first-order chi connectivity index (χ1) is 12.4. The maximum Gasteiger partial charge on any atom is 0.372 e. The second-order valence-corrected chi connectivity index (χ2v) is 8.21. The van der Waals surface area contributed by atoms with Gasteiger partial charge in [0.05, 0.1) is 4.90 Å². The summed E-state index contributed by atoms with van der Waals surface area (Å²) in [6.07, 6.45) is 0.763. The number of sulfonamides is 1. The lowest BCUT2D eigenvalue weighted by Crippen LogP contribution is -2.26. The van der Waals surface area contributed by atoms with Crippen LogP contribution in [-0.4, -0.2) is 25.5 Å². The molecule has 0 unspecified atom stereocenters. The van der Waals surface area contributed by atoms with E-state index in [1.807, 2.05) is 30.3 Å². The maximum absolute atomic E-state index is 12.7. The smallest absolute Gasteiger partial charge is 0.372 e. The Bertz CT molecular complexity index is 1100. The molecule has 1 fully saturated rings. The van der Waals surface area contributed by atoms with Gasteiger partial charge < -0.3 is 9.52 Å². The minimum Gasteiger partial charge on any atom is -0.475 e. The molecule has 6 nitrogen and oxygen atoms in total. The number of aromatic carboxylic acids is 1. The number of furan rings is 1. The summed E-state index contributed by atoms with van der Waals surface area (Å²) in [5.41, 5.74) is 1.89. The summed E-state index contributed by atoms with van der Waals surface area (Å²) in [4.78, 5) is 11.3. The lowest BCUT2D eigenvalue weighted by Gasteiger charge is -2.07.